The Hall–Kier alpha value is -2.89. The van der Waals surface area contributed by atoms with Crippen molar-refractivity contribution in [2.24, 2.45) is 0 Å². The average Bonchev–Trinajstić information content (AvgIpc) is 3.20. The van der Waals surface area contributed by atoms with Crippen LogP contribution in [0.2, 0.25) is 0 Å². The number of rotatable bonds is 3. The summed E-state index contributed by atoms with van der Waals surface area (Å²) in [5.74, 6) is 1.09. The van der Waals surface area contributed by atoms with Gasteiger partial charge < -0.3 is 9.73 Å². The van der Waals surface area contributed by atoms with Crippen molar-refractivity contribution in [3.63, 3.8) is 0 Å². The first-order valence-electron chi connectivity index (χ1n) is 8.50. The smallest absolute Gasteiger partial charge is 0.294 e. The molecule has 1 atom stereocenters. The van der Waals surface area contributed by atoms with E-state index in [2.05, 4.69) is 39.7 Å². The van der Waals surface area contributed by atoms with Crippen LogP contribution in [0.1, 0.15) is 52.1 Å². The monoisotopic (exact) mass is 336 g/mol. The second-order valence-electron chi connectivity index (χ2n) is 6.37. The van der Waals surface area contributed by atoms with Gasteiger partial charge in [0.05, 0.1) is 17.9 Å². The quantitative estimate of drug-likeness (QED) is 0.792. The maximum Gasteiger partial charge on any atom is 0.294 e. The van der Waals surface area contributed by atoms with E-state index in [0.29, 0.717) is 17.4 Å². The summed E-state index contributed by atoms with van der Waals surface area (Å²) in [5.41, 5.74) is 3.22. The molecule has 4 rings (SSSR count). The normalized spacial score (nSPS) is 16.5. The topological polar surface area (TPSA) is 73.0 Å². The molecule has 2 aromatic heterocycles. The highest BCUT2D eigenvalue weighted by atomic mass is 16.4. The maximum absolute atomic E-state index is 12.5. The molecule has 128 valence electrons. The van der Waals surface area contributed by atoms with E-state index in [1.54, 1.807) is 20.0 Å². The standard InChI is InChI=1S/C19H20N4O2/c1-12-18(25-13(2)21-12)19(24)22-17-10-11-20-23(17)16-9-5-7-14-6-3-4-8-15(14)16/h3-4,6,8,10-11,16H,5,7,9H2,1-2H3,(H,22,24)/t16-/m1/s1. The Kier molecular flexibility index (Phi) is 3.87. The van der Waals surface area contributed by atoms with Crippen LogP contribution in [0.4, 0.5) is 5.82 Å². The predicted molar refractivity (Wildman–Crippen MR) is 93.7 cm³/mol. The fourth-order valence-corrected chi connectivity index (χ4v) is 3.56. The van der Waals surface area contributed by atoms with Crippen molar-refractivity contribution in [3.05, 3.63) is 65.0 Å². The molecule has 25 heavy (non-hydrogen) atoms. The van der Waals surface area contributed by atoms with Gasteiger partial charge in [-0.15, -0.1) is 0 Å². The molecule has 0 unspecified atom stereocenters. The van der Waals surface area contributed by atoms with Crippen LogP contribution < -0.4 is 5.32 Å². The fraction of sp³-hybridized carbons (Fsp3) is 0.316. The number of hydrogen-bond acceptors (Lipinski definition) is 4. The first-order chi connectivity index (χ1) is 12.1. The van der Waals surface area contributed by atoms with Gasteiger partial charge in [0.1, 0.15) is 5.82 Å². The van der Waals surface area contributed by atoms with Gasteiger partial charge in [-0.05, 0) is 37.3 Å². The molecule has 0 aliphatic heterocycles. The minimum absolute atomic E-state index is 0.132. The summed E-state index contributed by atoms with van der Waals surface area (Å²) >= 11 is 0. The molecular formula is C19H20N4O2. The number of hydrogen-bond donors (Lipinski definition) is 1. The number of carbonyl (C=O) groups is 1. The minimum Gasteiger partial charge on any atom is -0.436 e. The summed E-state index contributed by atoms with van der Waals surface area (Å²) in [6.07, 6.45) is 4.91. The van der Waals surface area contributed by atoms with Crippen molar-refractivity contribution in [3.8, 4) is 0 Å². The van der Waals surface area contributed by atoms with Crippen LogP contribution in [0.5, 0.6) is 0 Å². The Morgan fingerprint density at radius 1 is 1.28 bits per heavy atom. The van der Waals surface area contributed by atoms with Crippen LogP contribution in [0.15, 0.2) is 40.9 Å². The summed E-state index contributed by atoms with van der Waals surface area (Å²) in [5, 5.41) is 7.39. The molecule has 0 saturated carbocycles. The van der Waals surface area contributed by atoms with Crippen LogP contribution in [-0.4, -0.2) is 20.7 Å². The summed E-state index contributed by atoms with van der Waals surface area (Å²) in [6.45, 7) is 3.49. The zero-order chi connectivity index (χ0) is 17.4. The Balaban J connectivity index is 1.64. The van der Waals surface area contributed by atoms with Crippen LogP contribution in [0.3, 0.4) is 0 Å². The van der Waals surface area contributed by atoms with Gasteiger partial charge in [-0.1, -0.05) is 24.3 Å². The van der Waals surface area contributed by atoms with Crippen molar-refractivity contribution in [1.82, 2.24) is 14.8 Å². The van der Waals surface area contributed by atoms with Crippen LogP contribution in [-0.2, 0) is 6.42 Å². The molecular weight excluding hydrogens is 316 g/mol. The first kappa shape index (κ1) is 15.6. The van der Waals surface area contributed by atoms with Crippen molar-refractivity contribution in [2.45, 2.75) is 39.2 Å². The highest BCUT2D eigenvalue weighted by Gasteiger charge is 2.25. The number of oxazole rings is 1. The lowest BCUT2D eigenvalue weighted by Crippen LogP contribution is -2.22. The highest BCUT2D eigenvalue weighted by molar-refractivity contribution is 6.02. The molecule has 2 heterocycles. The number of anilines is 1. The minimum atomic E-state index is -0.302. The third-order valence-corrected chi connectivity index (χ3v) is 4.65. The van der Waals surface area contributed by atoms with Crippen LogP contribution >= 0.6 is 0 Å². The molecule has 0 bridgehead atoms. The van der Waals surface area contributed by atoms with Gasteiger partial charge in [0.15, 0.2) is 5.89 Å². The average molecular weight is 336 g/mol. The lowest BCUT2D eigenvalue weighted by atomic mass is 9.88. The second kappa shape index (κ2) is 6.20. The number of aryl methyl sites for hydroxylation is 3. The molecule has 6 nitrogen and oxygen atoms in total. The van der Waals surface area contributed by atoms with E-state index in [-0.39, 0.29) is 17.7 Å². The Morgan fingerprint density at radius 3 is 2.92 bits per heavy atom. The molecule has 0 spiro atoms. The lowest BCUT2D eigenvalue weighted by molar-refractivity contribution is 0.0993. The van der Waals surface area contributed by atoms with Gasteiger partial charge in [0.25, 0.3) is 5.91 Å². The van der Waals surface area contributed by atoms with Crippen molar-refractivity contribution < 1.29 is 9.21 Å². The van der Waals surface area contributed by atoms with Gasteiger partial charge in [-0.3, -0.25) is 4.79 Å². The number of carbonyl (C=O) groups excluding carboxylic acids is 1. The van der Waals surface area contributed by atoms with Gasteiger partial charge >= 0.3 is 0 Å². The number of amides is 1. The molecule has 1 amide bonds. The van der Waals surface area contributed by atoms with E-state index < -0.39 is 0 Å². The molecule has 1 aromatic carbocycles. The third kappa shape index (κ3) is 2.84. The maximum atomic E-state index is 12.5. The van der Waals surface area contributed by atoms with E-state index in [0.717, 1.165) is 19.3 Å². The van der Waals surface area contributed by atoms with E-state index in [1.807, 2.05) is 10.7 Å². The number of fused-ring (bicyclic) bond motifs is 1. The number of aromatic nitrogens is 3. The fourth-order valence-electron chi connectivity index (χ4n) is 3.56. The number of nitrogens with one attached hydrogen (secondary N) is 1. The first-order valence-corrected chi connectivity index (χ1v) is 8.50. The summed E-state index contributed by atoms with van der Waals surface area (Å²) in [6, 6.07) is 10.4. The van der Waals surface area contributed by atoms with E-state index >= 15 is 0 Å². The van der Waals surface area contributed by atoms with Crippen LogP contribution in [0, 0.1) is 13.8 Å². The van der Waals surface area contributed by atoms with Gasteiger partial charge in [0.2, 0.25) is 5.76 Å². The number of benzene rings is 1. The Bertz CT molecular complexity index is 925. The second-order valence-corrected chi connectivity index (χ2v) is 6.37. The zero-order valence-electron chi connectivity index (χ0n) is 14.3. The lowest BCUT2D eigenvalue weighted by Gasteiger charge is -2.27. The molecule has 1 N–H and O–H groups in total. The van der Waals surface area contributed by atoms with E-state index in [4.69, 9.17) is 4.42 Å². The van der Waals surface area contributed by atoms with E-state index in [9.17, 15) is 4.79 Å². The Morgan fingerprint density at radius 2 is 2.12 bits per heavy atom. The summed E-state index contributed by atoms with van der Waals surface area (Å²) in [7, 11) is 0. The molecule has 6 heteroatoms. The molecule has 0 radical (unpaired) electrons. The van der Waals surface area contributed by atoms with Gasteiger partial charge in [0, 0.05) is 13.0 Å². The predicted octanol–water partition coefficient (Wildman–Crippen LogP) is 3.67. The zero-order valence-corrected chi connectivity index (χ0v) is 14.3. The molecule has 0 fully saturated rings. The largest absolute Gasteiger partial charge is 0.436 e. The SMILES string of the molecule is Cc1nc(C)c(C(=O)Nc2ccnn2[C@@H]2CCCc3ccccc32)o1. The highest BCUT2D eigenvalue weighted by Crippen LogP contribution is 2.34. The Labute approximate surface area is 145 Å². The van der Waals surface area contributed by atoms with Crippen LogP contribution in [0.25, 0.3) is 0 Å². The molecule has 1 aliphatic carbocycles. The third-order valence-electron chi connectivity index (χ3n) is 4.65. The molecule has 1 aliphatic rings. The van der Waals surface area contributed by atoms with Gasteiger partial charge in [-0.2, -0.15) is 5.10 Å². The molecule has 0 saturated heterocycles. The summed E-state index contributed by atoms with van der Waals surface area (Å²) in [4.78, 5) is 16.7. The van der Waals surface area contributed by atoms with E-state index in [1.165, 1.54) is 11.1 Å². The van der Waals surface area contributed by atoms with Crippen molar-refractivity contribution in [1.29, 1.82) is 0 Å². The summed E-state index contributed by atoms with van der Waals surface area (Å²) < 4.78 is 7.31. The van der Waals surface area contributed by atoms with Gasteiger partial charge in [-0.25, -0.2) is 9.67 Å². The number of nitrogens with zero attached hydrogens (tertiary/aromatic N) is 3. The van der Waals surface area contributed by atoms with Crippen molar-refractivity contribution >= 4 is 11.7 Å². The molecule has 3 aromatic rings. The van der Waals surface area contributed by atoms with Crippen molar-refractivity contribution in [2.75, 3.05) is 5.32 Å².